The lowest BCUT2D eigenvalue weighted by Gasteiger charge is -2.20. The van der Waals surface area contributed by atoms with Crippen LogP contribution < -0.4 is 4.90 Å². The first kappa shape index (κ1) is 13.3. The largest absolute Gasteiger partial charge is 0.340 e. The smallest absolute Gasteiger partial charge is 0.272 e. The summed E-state index contributed by atoms with van der Waals surface area (Å²) in [6, 6.07) is 12.3. The van der Waals surface area contributed by atoms with Gasteiger partial charge in [0.05, 0.1) is 11.9 Å². The molecule has 2 aliphatic rings. The highest BCUT2D eigenvalue weighted by atomic mass is 16.2. The third-order valence-corrected chi connectivity index (χ3v) is 4.56. The Balaban J connectivity index is 1.56. The van der Waals surface area contributed by atoms with Crippen molar-refractivity contribution in [2.45, 2.75) is 19.3 Å². The van der Waals surface area contributed by atoms with E-state index in [1.165, 1.54) is 11.3 Å². The monoisotopic (exact) mass is 293 g/mol. The summed E-state index contributed by atoms with van der Waals surface area (Å²) in [7, 11) is 0. The standard InChI is InChI=1S/C18H19N3O/c22-18(20-10-3-4-11-20)16-8-7-15(13-19-16)21-12-9-14-5-1-2-6-17(14)21/h1-2,5-8,13H,3-4,9-12H2. The molecule has 1 fully saturated rings. The number of rotatable bonds is 2. The fraction of sp³-hybridized carbons (Fsp3) is 0.333. The van der Waals surface area contributed by atoms with E-state index in [2.05, 4.69) is 34.1 Å². The van der Waals surface area contributed by atoms with Crippen LogP contribution in [0.25, 0.3) is 0 Å². The molecule has 0 saturated carbocycles. The van der Waals surface area contributed by atoms with Gasteiger partial charge in [-0.15, -0.1) is 0 Å². The topological polar surface area (TPSA) is 36.4 Å². The lowest BCUT2D eigenvalue weighted by molar-refractivity contribution is 0.0787. The minimum atomic E-state index is 0.0610. The summed E-state index contributed by atoms with van der Waals surface area (Å²) in [5.74, 6) is 0.0610. The van der Waals surface area contributed by atoms with Crippen LogP contribution in [-0.2, 0) is 6.42 Å². The average molecular weight is 293 g/mol. The molecule has 1 aromatic heterocycles. The Hall–Kier alpha value is -2.36. The van der Waals surface area contributed by atoms with Crippen molar-refractivity contribution in [2.24, 2.45) is 0 Å². The molecule has 22 heavy (non-hydrogen) atoms. The second-order valence-electron chi connectivity index (χ2n) is 5.93. The van der Waals surface area contributed by atoms with Crippen molar-refractivity contribution in [1.29, 1.82) is 0 Å². The second-order valence-corrected chi connectivity index (χ2v) is 5.93. The van der Waals surface area contributed by atoms with E-state index in [0.717, 1.165) is 44.6 Å². The quantitative estimate of drug-likeness (QED) is 0.854. The van der Waals surface area contributed by atoms with Crippen molar-refractivity contribution in [3.8, 4) is 0 Å². The molecule has 1 aromatic carbocycles. The summed E-state index contributed by atoms with van der Waals surface area (Å²) in [5.41, 5.74) is 4.24. The Labute approximate surface area is 130 Å². The number of pyridine rings is 1. The molecule has 0 radical (unpaired) electrons. The van der Waals surface area contributed by atoms with E-state index < -0.39 is 0 Å². The first-order chi connectivity index (χ1) is 10.8. The number of likely N-dealkylation sites (tertiary alicyclic amines) is 1. The van der Waals surface area contributed by atoms with Gasteiger partial charge in [0.25, 0.3) is 5.91 Å². The molecule has 2 aromatic rings. The number of nitrogens with zero attached hydrogens (tertiary/aromatic N) is 3. The van der Waals surface area contributed by atoms with Crippen LogP contribution >= 0.6 is 0 Å². The predicted molar refractivity (Wildman–Crippen MR) is 86.5 cm³/mol. The second kappa shape index (κ2) is 5.44. The van der Waals surface area contributed by atoms with E-state index >= 15 is 0 Å². The third-order valence-electron chi connectivity index (χ3n) is 4.56. The molecule has 1 saturated heterocycles. The maximum Gasteiger partial charge on any atom is 0.272 e. The van der Waals surface area contributed by atoms with Gasteiger partial charge in [0.15, 0.2) is 0 Å². The molecule has 4 heteroatoms. The number of benzene rings is 1. The molecule has 4 nitrogen and oxygen atoms in total. The van der Waals surface area contributed by atoms with E-state index in [4.69, 9.17) is 0 Å². The number of carbonyl (C=O) groups excluding carboxylic acids is 1. The Morgan fingerprint density at radius 1 is 1.00 bits per heavy atom. The Morgan fingerprint density at radius 2 is 1.82 bits per heavy atom. The van der Waals surface area contributed by atoms with Crippen LogP contribution in [0.3, 0.4) is 0 Å². The van der Waals surface area contributed by atoms with Crippen LogP contribution in [0.2, 0.25) is 0 Å². The van der Waals surface area contributed by atoms with Crippen molar-refractivity contribution >= 4 is 17.3 Å². The number of aromatic nitrogens is 1. The zero-order chi connectivity index (χ0) is 14.9. The minimum absolute atomic E-state index is 0.0610. The summed E-state index contributed by atoms with van der Waals surface area (Å²) in [5, 5.41) is 0. The molecule has 0 aliphatic carbocycles. The molecule has 4 rings (SSSR count). The van der Waals surface area contributed by atoms with Gasteiger partial charge in [0.2, 0.25) is 0 Å². The Morgan fingerprint density at radius 3 is 2.59 bits per heavy atom. The molecule has 0 spiro atoms. The molecule has 0 bridgehead atoms. The number of para-hydroxylation sites is 1. The summed E-state index contributed by atoms with van der Waals surface area (Å²) in [6.07, 6.45) is 5.10. The van der Waals surface area contributed by atoms with Gasteiger partial charge in [-0.2, -0.15) is 0 Å². The summed E-state index contributed by atoms with van der Waals surface area (Å²) in [4.78, 5) is 20.9. The van der Waals surface area contributed by atoms with Crippen LogP contribution in [0.15, 0.2) is 42.6 Å². The number of carbonyl (C=O) groups is 1. The highest BCUT2D eigenvalue weighted by molar-refractivity contribution is 5.92. The van der Waals surface area contributed by atoms with E-state index in [1.807, 2.05) is 23.2 Å². The number of anilines is 2. The van der Waals surface area contributed by atoms with Crippen LogP contribution in [0.5, 0.6) is 0 Å². The third kappa shape index (κ3) is 2.25. The molecule has 1 amide bonds. The summed E-state index contributed by atoms with van der Waals surface area (Å²) < 4.78 is 0. The molecule has 112 valence electrons. The molecule has 3 heterocycles. The van der Waals surface area contributed by atoms with Crippen molar-refractivity contribution in [3.05, 3.63) is 53.9 Å². The maximum absolute atomic E-state index is 12.3. The van der Waals surface area contributed by atoms with Gasteiger partial charge in [-0.05, 0) is 43.0 Å². The fourth-order valence-electron chi connectivity index (χ4n) is 3.36. The van der Waals surface area contributed by atoms with Gasteiger partial charge in [0.1, 0.15) is 5.69 Å². The lowest BCUT2D eigenvalue weighted by atomic mass is 10.2. The van der Waals surface area contributed by atoms with Crippen LogP contribution in [0, 0.1) is 0 Å². The zero-order valence-corrected chi connectivity index (χ0v) is 12.5. The SMILES string of the molecule is O=C(c1ccc(N2CCc3ccccc32)cn1)N1CCCC1. The van der Waals surface area contributed by atoms with Gasteiger partial charge in [-0.25, -0.2) is 4.98 Å². The summed E-state index contributed by atoms with van der Waals surface area (Å²) in [6.45, 7) is 2.70. The summed E-state index contributed by atoms with van der Waals surface area (Å²) >= 11 is 0. The molecular weight excluding hydrogens is 274 g/mol. The van der Waals surface area contributed by atoms with Crippen LogP contribution in [0.4, 0.5) is 11.4 Å². The van der Waals surface area contributed by atoms with Crippen LogP contribution in [0.1, 0.15) is 28.9 Å². The Bertz CT molecular complexity index is 690. The molecule has 0 unspecified atom stereocenters. The van der Waals surface area contributed by atoms with E-state index in [0.29, 0.717) is 5.69 Å². The van der Waals surface area contributed by atoms with Gasteiger partial charge < -0.3 is 9.80 Å². The average Bonchev–Trinajstić information content (AvgIpc) is 3.24. The molecular formula is C18H19N3O. The van der Waals surface area contributed by atoms with Crippen molar-refractivity contribution < 1.29 is 4.79 Å². The highest BCUT2D eigenvalue weighted by Gasteiger charge is 2.22. The van der Waals surface area contributed by atoms with E-state index in [1.54, 1.807) is 0 Å². The normalized spacial score (nSPS) is 16.9. The van der Waals surface area contributed by atoms with E-state index in [9.17, 15) is 4.79 Å². The first-order valence-electron chi connectivity index (χ1n) is 7.94. The Kier molecular flexibility index (Phi) is 3.29. The molecule has 0 N–H and O–H groups in total. The molecule has 0 atom stereocenters. The van der Waals surface area contributed by atoms with Crippen molar-refractivity contribution in [2.75, 3.05) is 24.5 Å². The first-order valence-corrected chi connectivity index (χ1v) is 7.94. The van der Waals surface area contributed by atoms with Crippen molar-refractivity contribution in [1.82, 2.24) is 9.88 Å². The number of hydrogen-bond donors (Lipinski definition) is 0. The van der Waals surface area contributed by atoms with Gasteiger partial charge in [0, 0.05) is 25.3 Å². The van der Waals surface area contributed by atoms with E-state index in [-0.39, 0.29) is 5.91 Å². The lowest BCUT2D eigenvalue weighted by Crippen LogP contribution is -2.28. The van der Waals surface area contributed by atoms with Crippen LogP contribution in [-0.4, -0.2) is 35.4 Å². The van der Waals surface area contributed by atoms with Gasteiger partial charge in [-0.3, -0.25) is 4.79 Å². The predicted octanol–water partition coefficient (Wildman–Crippen LogP) is 3.01. The van der Waals surface area contributed by atoms with Crippen molar-refractivity contribution in [3.63, 3.8) is 0 Å². The number of hydrogen-bond acceptors (Lipinski definition) is 3. The van der Waals surface area contributed by atoms with Gasteiger partial charge >= 0.3 is 0 Å². The molecule has 2 aliphatic heterocycles. The fourth-order valence-corrected chi connectivity index (χ4v) is 3.36. The minimum Gasteiger partial charge on any atom is -0.340 e. The number of amides is 1. The zero-order valence-electron chi connectivity index (χ0n) is 12.5. The highest BCUT2D eigenvalue weighted by Crippen LogP contribution is 2.33. The van der Waals surface area contributed by atoms with Gasteiger partial charge in [-0.1, -0.05) is 18.2 Å². The number of fused-ring (bicyclic) bond motifs is 1. The maximum atomic E-state index is 12.3.